The van der Waals surface area contributed by atoms with Gasteiger partial charge < -0.3 is 15.0 Å². The van der Waals surface area contributed by atoms with Gasteiger partial charge in [0.1, 0.15) is 5.82 Å². The number of carbonyl (C=O) groups excluding carboxylic acids is 3. The molecule has 1 aromatic heterocycles. The highest BCUT2D eigenvalue weighted by molar-refractivity contribution is 5.95. The fraction of sp³-hybridized carbons (Fsp3) is 0.444. The van der Waals surface area contributed by atoms with Gasteiger partial charge in [-0.25, -0.2) is 14.8 Å². The molecule has 8 heteroatoms. The van der Waals surface area contributed by atoms with Gasteiger partial charge >= 0.3 is 5.97 Å². The topological polar surface area (TPSA) is 101 Å². The molecule has 0 atom stereocenters. The van der Waals surface area contributed by atoms with Crippen molar-refractivity contribution in [3.8, 4) is 0 Å². The molecule has 2 aromatic rings. The smallest absolute Gasteiger partial charge is 0.337 e. The molecule has 184 valence electrons. The fourth-order valence-electron chi connectivity index (χ4n) is 4.81. The molecule has 2 aliphatic rings. The molecular formula is C27H32N4O4. The zero-order valence-electron chi connectivity index (χ0n) is 20.3. The number of methoxy groups -OCH3 is 1. The van der Waals surface area contributed by atoms with Crippen LogP contribution in [0, 0.1) is 12.8 Å². The Bertz CT molecular complexity index is 1110. The minimum absolute atomic E-state index is 0.0856. The number of esters is 1. The maximum absolute atomic E-state index is 13.0. The minimum atomic E-state index is -0.384. The summed E-state index contributed by atoms with van der Waals surface area (Å²) in [5.74, 6) is 0.473. The molecule has 35 heavy (non-hydrogen) atoms. The fourth-order valence-corrected chi connectivity index (χ4v) is 4.81. The Hall–Kier alpha value is -3.55. The molecule has 1 aliphatic heterocycles. The second-order valence-electron chi connectivity index (χ2n) is 9.15. The number of likely N-dealkylation sites (tertiary alicyclic amines) is 1. The molecule has 2 heterocycles. The van der Waals surface area contributed by atoms with Crippen molar-refractivity contribution in [2.75, 3.05) is 26.7 Å². The van der Waals surface area contributed by atoms with Gasteiger partial charge in [-0.05, 0) is 56.7 Å². The van der Waals surface area contributed by atoms with Crippen molar-refractivity contribution in [2.24, 2.45) is 5.92 Å². The quantitative estimate of drug-likeness (QED) is 0.486. The molecule has 1 fully saturated rings. The van der Waals surface area contributed by atoms with Gasteiger partial charge in [-0.15, -0.1) is 0 Å². The Morgan fingerprint density at radius 1 is 1.14 bits per heavy atom. The van der Waals surface area contributed by atoms with Gasteiger partial charge in [0.15, 0.2) is 0 Å². The lowest BCUT2D eigenvalue weighted by Gasteiger charge is -2.34. The van der Waals surface area contributed by atoms with E-state index in [-0.39, 0.29) is 29.6 Å². The zero-order valence-corrected chi connectivity index (χ0v) is 20.3. The van der Waals surface area contributed by atoms with Crippen molar-refractivity contribution in [3.05, 3.63) is 70.8 Å². The lowest BCUT2D eigenvalue weighted by molar-refractivity contribution is -0.136. The van der Waals surface area contributed by atoms with Crippen LogP contribution in [-0.2, 0) is 16.0 Å². The minimum Gasteiger partial charge on any atom is -0.465 e. The Labute approximate surface area is 205 Å². The Morgan fingerprint density at radius 2 is 1.89 bits per heavy atom. The van der Waals surface area contributed by atoms with Gasteiger partial charge in [0.25, 0.3) is 5.91 Å². The number of aromatic nitrogens is 2. The van der Waals surface area contributed by atoms with Crippen molar-refractivity contribution in [1.82, 2.24) is 20.2 Å². The maximum atomic E-state index is 13.0. The number of carbonyl (C=O) groups is 3. The van der Waals surface area contributed by atoms with E-state index in [9.17, 15) is 14.4 Å². The van der Waals surface area contributed by atoms with Crippen molar-refractivity contribution >= 4 is 17.8 Å². The van der Waals surface area contributed by atoms with Crippen LogP contribution in [0.4, 0.5) is 0 Å². The third-order valence-corrected chi connectivity index (χ3v) is 6.78. The second kappa shape index (κ2) is 11.3. The molecule has 1 aromatic carbocycles. The maximum Gasteiger partial charge on any atom is 0.337 e. The number of hydrogen-bond donors (Lipinski definition) is 1. The highest BCUT2D eigenvalue weighted by Crippen LogP contribution is 2.31. The molecule has 0 radical (unpaired) electrons. The van der Waals surface area contributed by atoms with Crippen LogP contribution >= 0.6 is 0 Å². The van der Waals surface area contributed by atoms with E-state index in [0.717, 1.165) is 36.9 Å². The summed E-state index contributed by atoms with van der Waals surface area (Å²) in [6.07, 6.45) is 9.58. The second-order valence-corrected chi connectivity index (χ2v) is 9.15. The van der Waals surface area contributed by atoms with Crippen LogP contribution in [0.2, 0.25) is 0 Å². The third kappa shape index (κ3) is 5.93. The summed E-state index contributed by atoms with van der Waals surface area (Å²) in [6, 6.07) is 7.19. The predicted octanol–water partition coefficient (Wildman–Crippen LogP) is 3.22. The van der Waals surface area contributed by atoms with E-state index < -0.39 is 0 Å². The van der Waals surface area contributed by atoms with Crippen LogP contribution in [-0.4, -0.2) is 59.4 Å². The molecule has 1 N–H and O–H groups in total. The van der Waals surface area contributed by atoms with E-state index in [1.54, 1.807) is 24.4 Å². The number of benzene rings is 1. The first-order valence-electron chi connectivity index (χ1n) is 12.2. The van der Waals surface area contributed by atoms with Gasteiger partial charge in [-0.1, -0.05) is 24.3 Å². The molecule has 4 rings (SSSR count). The summed E-state index contributed by atoms with van der Waals surface area (Å²) in [6.45, 7) is 3.60. The Balaban J connectivity index is 1.36. The van der Waals surface area contributed by atoms with Crippen molar-refractivity contribution < 1.29 is 19.1 Å². The van der Waals surface area contributed by atoms with Crippen molar-refractivity contribution in [2.45, 2.75) is 44.9 Å². The van der Waals surface area contributed by atoms with Crippen molar-refractivity contribution in [1.29, 1.82) is 0 Å². The number of rotatable bonds is 7. The first-order chi connectivity index (χ1) is 17.0. The average Bonchev–Trinajstić information content (AvgIpc) is 3.43. The van der Waals surface area contributed by atoms with Gasteiger partial charge in [0, 0.05) is 37.7 Å². The average molecular weight is 477 g/mol. The van der Waals surface area contributed by atoms with Crippen LogP contribution in [0.25, 0.3) is 0 Å². The predicted molar refractivity (Wildman–Crippen MR) is 131 cm³/mol. The zero-order chi connectivity index (χ0) is 24.8. The summed E-state index contributed by atoms with van der Waals surface area (Å²) in [5, 5.41) is 2.97. The van der Waals surface area contributed by atoms with Gasteiger partial charge in [0.2, 0.25) is 5.91 Å². The molecule has 8 nitrogen and oxygen atoms in total. The van der Waals surface area contributed by atoms with E-state index in [2.05, 4.69) is 27.4 Å². The number of nitrogens with one attached hydrogen (secondary N) is 1. The number of amides is 2. The van der Waals surface area contributed by atoms with Gasteiger partial charge in [-0.2, -0.15) is 0 Å². The van der Waals surface area contributed by atoms with Crippen LogP contribution < -0.4 is 5.32 Å². The standard InChI is InChI=1S/C27H32N4O4/c1-18-29-17-23(25(32)28-13-10-19-6-5-9-22(16-19)27(34)35-2)24(30-18)20-11-14-31(15-12-20)26(33)21-7-3-4-8-21/h3-6,9,16-17,20-21H,7-8,10-15H2,1-2H3,(H,28,32). The molecule has 0 saturated carbocycles. The van der Waals surface area contributed by atoms with E-state index in [1.165, 1.54) is 7.11 Å². The monoisotopic (exact) mass is 476 g/mol. The normalized spacial score (nSPS) is 16.3. The first kappa shape index (κ1) is 24.6. The molecular weight excluding hydrogens is 444 g/mol. The summed E-state index contributed by atoms with van der Waals surface area (Å²) in [5.41, 5.74) is 2.67. The molecule has 0 bridgehead atoms. The summed E-state index contributed by atoms with van der Waals surface area (Å²) < 4.78 is 4.77. The van der Waals surface area contributed by atoms with E-state index in [1.807, 2.05) is 17.9 Å². The summed E-state index contributed by atoms with van der Waals surface area (Å²) in [4.78, 5) is 48.4. The summed E-state index contributed by atoms with van der Waals surface area (Å²) >= 11 is 0. The SMILES string of the molecule is COC(=O)c1cccc(CCNC(=O)c2cnc(C)nc2C2CCN(C(=O)C3CC=CC3)CC2)c1. The van der Waals surface area contributed by atoms with Crippen LogP contribution in [0.15, 0.2) is 42.6 Å². The molecule has 1 aliphatic carbocycles. The highest BCUT2D eigenvalue weighted by atomic mass is 16.5. The summed E-state index contributed by atoms with van der Waals surface area (Å²) in [7, 11) is 1.35. The number of nitrogens with zero attached hydrogens (tertiary/aromatic N) is 3. The first-order valence-corrected chi connectivity index (χ1v) is 12.2. The third-order valence-electron chi connectivity index (χ3n) is 6.78. The van der Waals surface area contributed by atoms with Gasteiger partial charge in [0.05, 0.1) is 23.9 Å². The molecule has 0 unspecified atom stereocenters. The lowest BCUT2D eigenvalue weighted by atomic mass is 9.89. The molecule has 0 spiro atoms. The van der Waals surface area contributed by atoms with E-state index in [4.69, 9.17) is 4.74 Å². The van der Waals surface area contributed by atoms with Crippen LogP contribution in [0.5, 0.6) is 0 Å². The Kier molecular flexibility index (Phi) is 7.90. The van der Waals surface area contributed by atoms with Crippen LogP contribution in [0.3, 0.4) is 0 Å². The lowest BCUT2D eigenvalue weighted by Crippen LogP contribution is -2.41. The highest BCUT2D eigenvalue weighted by Gasteiger charge is 2.31. The number of ether oxygens (including phenoxy) is 1. The number of aryl methyl sites for hydroxylation is 1. The number of allylic oxidation sites excluding steroid dienone is 2. The number of hydrogen-bond acceptors (Lipinski definition) is 6. The van der Waals surface area contributed by atoms with Crippen molar-refractivity contribution in [3.63, 3.8) is 0 Å². The molecule has 2 amide bonds. The van der Waals surface area contributed by atoms with E-state index in [0.29, 0.717) is 43.0 Å². The molecule has 1 saturated heterocycles. The number of piperidine rings is 1. The Morgan fingerprint density at radius 3 is 2.60 bits per heavy atom. The van der Waals surface area contributed by atoms with E-state index >= 15 is 0 Å². The van der Waals surface area contributed by atoms with Crippen LogP contribution in [0.1, 0.15) is 69.4 Å². The van der Waals surface area contributed by atoms with Gasteiger partial charge in [-0.3, -0.25) is 9.59 Å². The largest absolute Gasteiger partial charge is 0.465 e.